The first-order valence-electron chi connectivity index (χ1n) is 12.2. The second kappa shape index (κ2) is 9.54. The highest BCUT2D eigenvalue weighted by atomic mass is 16.5. The van der Waals surface area contributed by atoms with Crippen molar-refractivity contribution in [3.63, 3.8) is 0 Å². The van der Waals surface area contributed by atoms with Crippen LogP contribution in [0, 0.1) is 11.8 Å². The quantitative estimate of drug-likeness (QED) is 0.445. The Morgan fingerprint density at radius 2 is 1.94 bits per heavy atom. The van der Waals surface area contributed by atoms with Crippen molar-refractivity contribution >= 4 is 23.4 Å². The van der Waals surface area contributed by atoms with Crippen LogP contribution < -0.4 is 15.4 Å². The van der Waals surface area contributed by atoms with E-state index in [9.17, 15) is 19.5 Å². The molecule has 3 saturated heterocycles. The molecule has 1 aromatic carbocycles. The number of aliphatic hydroxyl groups is 1. The van der Waals surface area contributed by atoms with E-state index in [2.05, 4.69) is 10.6 Å². The highest BCUT2D eigenvalue weighted by molar-refractivity contribution is 6.02. The molecule has 0 saturated carbocycles. The molecular weight excluding hydrogens is 438 g/mol. The molecule has 3 amide bonds. The lowest BCUT2D eigenvalue weighted by Gasteiger charge is -2.33. The van der Waals surface area contributed by atoms with E-state index in [4.69, 9.17) is 9.47 Å². The summed E-state index contributed by atoms with van der Waals surface area (Å²) in [6.45, 7) is 6.60. The number of hydrogen-bond acceptors (Lipinski definition) is 6. The fourth-order valence-electron chi connectivity index (χ4n) is 5.98. The highest BCUT2D eigenvalue weighted by Gasteiger charge is 2.77. The molecule has 5 atom stereocenters. The number of hydrogen-bond donors (Lipinski definition) is 3. The lowest BCUT2D eigenvalue weighted by atomic mass is 9.66. The number of rotatable bonds is 10. The molecule has 2 unspecified atom stereocenters. The molecule has 1 spiro atoms. The molecule has 3 aliphatic heterocycles. The Kier molecular flexibility index (Phi) is 6.87. The topological polar surface area (TPSA) is 117 Å². The summed E-state index contributed by atoms with van der Waals surface area (Å²) < 4.78 is 11.9. The predicted molar refractivity (Wildman–Crippen MR) is 125 cm³/mol. The molecule has 9 heteroatoms. The summed E-state index contributed by atoms with van der Waals surface area (Å²) in [7, 11) is 0. The molecular formula is C25H35N3O6. The molecule has 9 nitrogen and oxygen atoms in total. The number of anilines is 1. The van der Waals surface area contributed by atoms with E-state index in [1.54, 1.807) is 24.3 Å². The first-order valence-corrected chi connectivity index (χ1v) is 12.2. The van der Waals surface area contributed by atoms with E-state index in [1.165, 1.54) is 4.90 Å². The van der Waals surface area contributed by atoms with Gasteiger partial charge in [0.15, 0.2) is 0 Å². The standard InChI is InChI=1S/C25H35N3O6/c1-4-6-13-26-22(31)20-25-12-11-24(3,34-25)18(19(25)23(32)28(20)14-15-29)21(30)27-16-7-9-17(10-8-16)33-5-2/h7-10,18-20,29H,4-6,11-15H2,1-3H3,(H,26,31)(H,27,30)/t18-,19-,20?,24+,25?/m0/s1. The van der Waals surface area contributed by atoms with Gasteiger partial charge in [0.2, 0.25) is 17.7 Å². The molecule has 0 aliphatic carbocycles. The van der Waals surface area contributed by atoms with Gasteiger partial charge in [-0.05, 0) is 57.4 Å². The monoisotopic (exact) mass is 473 g/mol. The fourth-order valence-corrected chi connectivity index (χ4v) is 5.98. The molecule has 3 heterocycles. The van der Waals surface area contributed by atoms with Crippen LogP contribution in [-0.2, 0) is 19.1 Å². The van der Waals surface area contributed by atoms with Crippen LogP contribution in [0.2, 0.25) is 0 Å². The number of fused-ring (bicyclic) bond motifs is 1. The van der Waals surface area contributed by atoms with Gasteiger partial charge in [0.05, 0.1) is 30.7 Å². The predicted octanol–water partition coefficient (Wildman–Crippen LogP) is 1.70. The maximum atomic E-state index is 13.6. The number of nitrogens with zero attached hydrogens (tertiary/aromatic N) is 1. The summed E-state index contributed by atoms with van der Waals surface area (Å²) in [6, 6.07) is 6.21. The molecule has 0 radical (unpaired) electrons. The largest absolute Gasteiger partial charge is 0.494 e. The van der Waals surface area contributed by atoms with Crippen molar-refractivity contribution < 1.29 is 29.0 Å². The Labute approximate surface area is 200 Å². The van der Waals surface area contributed by atoms with Crippen molar-refractivity contribution in [2.45, 2.75) is 63.7 Å². The van der Waals surface area contributed by atoms with Crippen LogP contribution in [0.3, 0.4) is 0 Å². The molecule has 3 aliphatic rings. The van der Waals surface area contributed by atoms with E-state index in [0.29, 0.717) is 37.4 Å². The van der Waals surface area contributed by atoms with E-state index in [-0.39, 0.29) is 30.9 Å². The first-order chi connectivity index (χ1) is 16.3. The van der Waals surface area contributed by atoms with E-state index in [0.717, 1.165) is 12.8 Å². The summed E-state index contributed by atoms with van der Waals surface area (Å²) in [4.78, 5) is 41.8. The fraction of sp³-hybridized carbons (Fsp3) is 0.640. The number of carbonyl (C=O) groups excluding carboxylic acids is 3. The van der Waals surface area contributed by atoms with Gasteiger partial charge in [-0.15, -0.1) is 0 Å². The third-order valence-corrected chi connectivity index (χ3v) is 7.41. The SMILES string of the molecule is CCCCNC(=O)C1N(CCO)C(=O)[C@@H]2[C@@H](C(=O)Nc3ccc(OCC)cc3)[C@@]3(C)CCC12O3. The Morgan fingerprint density at radius 1 is 1.21 bits per heavy atom. The number of amides is 3. The average molecular weight is 474 g/mol. The van der Waals surface area contributed by atoms with Crippen molar-refractivity contribution in [3.05, 3.63) is 24.3 Å². The number of unbranched alkanes of at least 4 members (excludes halogenated alkanes) is 1. The van der Waals surface area contributed by atoms with Gasteiger partial charge in [0.1, 0.15) is 17.4 Å². The molecule has 4 rings (SSSR count). The van der Waals surface area contributed by atoms with Crippen LogP contribution in [0.4, 0.5) is 5.69 Å². The molecule has 186 valence electrons. The zero-order chi connectivity index (χ0) is 24.5. The first kappa shape index (κ1) is 24.5. The maximum absolute atomic E-state index is 13.6. The van der Waals surface area contributed by atoms with Crippen LogP contribution in [0.15, 0.2) is 24.3 Å². The number of aliphatic hydroxyl groups excluding tert-OH is 1. The second-order valence-electron chi connectivity index (χ2n) is 9.57. The van der Waals surface area contributed by atoms with Crippen LogP contribution in [0.25, 0.3) is 0 Å². The number of ether oxygens (including phenoxy) is 2. The Hall–Kier alpha value is -2.65. The molecule has 34 heavy (non-hydrogen) atoms. The number of benzene rings is 1. The minimum absolute atomic E-state index is 0.0241. The van der Waals surface area contributed by atoms with Crippen molar-refractivity contribution in [1.82, 2.24) is 10.2 Å². The number of likely N-dealkylation sites (tertiary alicyclic amines) is 1. The summed E-state index contributed by atoms with van der Waals surface area (Å²) in [5, 5.41) is 15.5. The van der Waals surface area contributed by atoms with E-state index in [1.807, 2.05) is 20.8 Å². The van der Waals surface area contributed by atoms with Gasteiger partial charge in [0.25, 0.3) is 0 Å². The molecule has 0 aromatic heterocycles. The zero-order valence-corrected chi connectivity index (χ0v) is 20.1. The normalized spacial score (nSPS) is 31.5. The van der Waals surface area contributed by atoms with Gasteiger partial charge >= 0.3 is 0 Å². The highest BCUT2D eigenvalue weighted by Crippen LogP contribution is 2.63. The smallest absolute Gasteiger partial charge is 0.245 e. The van der Waals surface area contributed by atoms with Gasteiger partial charge in [-0.25, -0.2) is 0 Å². The Bertz CT molecular complexity index is 937. The summed E-state index contributed by atoms with van der Waals surface area (Å²) in [5.41, 5.74) is -1.32. The summed E-state index contributed by atoms with van der Waals surface area (Å²) >= 11 is 0. The Balaban J connectivity index is 1.61. The van der Waals surface area contributed by atoms with Crippen LogP contribution >= 0.6 is 0 Å². The number of nitrogens with one attached hydrogen (secondary N) is 2. The van der Waals surface area contributed by atoms with E-state index < -0.39 is 29.1 Å². The molecule has 1 aromatic rings. The van der Waals surface area contributed by atoms with Crippen molar-refractivity contribution in [2.24, 2.45) is 11.8 Å². The number of carbonyl (C=O) groups is 3. The minimum Gasteiger partial charge on any atom is -0.494 e. The van der Waals surface area contributed by atoms with E-state index >= 15 is 0 Å². The lowest BCUT2D eigenvalue weighted by Crippen LogP contribution is -2.55. The second-order valence-corrected chi connectivity index (χ2v) is 9.57. The van der Waals surface area contributed by atoms with Crippen molar-refractivity contribution in [2.75, 3.05) is 31.6 Å². The van der Waals surface area contributed by atoms with Gasteiger partial charge in [-0.2, -0.15) is 0 Å². The zero-order valence-electron chi connectivity index (χ0n) is 20.1. The maximum Gasteiger partial charge on any atom is 0.245 e. The van der Waals surface area contributed by atoms with Gasteiger partial charge < -0.3 is 30.1 Å². The van der Waals surface area contributed by atoms with Crippen LogP contribution in [-0.4, -0.2) is 71.3 Å². The lowest BCUT2D eigenvalue weighted by molar-refractivity contribution is -0.145. The van der Waals surface area contributed by atoms with Crippen molar-refractivity contribution in [3.8, 4) is 5.75 Å². The average Bonchev–Trinajstić information content (AvgIpc) is 3.37. The summed E-state index contributed by atoms with van der Waals surface area (Å²) in [5.74, 6) is -1.70. The molecule has 2 bridgehead atoms. The third-order valence-electron chi connectivity index (χ3n) is 7.41. The van der Waals surface area contributed by atoms with Crippen LogP contribution in [0.1, 0.15) is 46.5 Å². The molecule has 3 fully saturated rings. The van der Waals surface area contributed by atoms with Gasteiger partial charge in [-0.1, -0.05) is 13.3 Å². The van der Waals surface area contributed by atoms with Gasteiger partial charge in [-0.3, -0.25) is 14.4 Å². The summed E-state index contributed by atoms with van der Waals surface area (Å²) in [6.07, 6.45) is 2.85. The number of β-amino-alcohol motifs (C(OH)–C–C–N with tert-alkyl or cyclic N) is 1. The Morgan fingerprint density at radius 3 is 2.59 bits per heavy atom. The van der Waals surface area contributed by atoms with Crippen LogP contribution in [0.5, 0.6) is 5.75 Å². The molecule has 3 N–H and O–H groups in total. The minimum atomic E-state index is -1.07. The van der Waals surface area contributed by atoms with Gasteiger partial charge in [0, 0.05) is 18.8 Å². The third kappa shape index (κ3) is 3.94. The van der Waals surface area contributed by atoms with Crippen molar-refractivity contribution in [1.29, 1.82) is 0 Å².